The summed E-state index contributed by atoms with van der Waals surface area (Å²) in [6, 6.07) is 4.94. The van der Waals surface area contributed by atoms with Crippen LogP contribution in [-0.2, 0) is 14.8 Å². The Kier molecular flexibility index (Phi) is 8.81. The molecule has 0 spiro atoms. The van der Waals surface area contributed by atoms with E-state index in [0.717, 1.165) is 51.7 Å². The molecule has 0 amide bonds. The Morgan fingerprint density at radius 3 is 2.36 bits per heavy atom. The summed E-state index contributed by atoms with van der Waals surface area (Å²) in [5, 5.41) is 10.7. The molecule has 1 N–H and O–H groups in total. The van der Waals surface area contributed by atoms with Crippen LogP contribution in [0, 0.1) is 16.0 Å². The number of ether oxygens (including phenoxy) is 1. The van der Waals surface area contributed by atoms with Gasteiger partial charge in [0.2, 0.25) is 10.0 Å². The van der Waals surface area contributed by atoms with E-state index in [9.17, 15) is 18.5 Å². The second-order valence-corrected chi connectivity index (χ2v) is 9.39. The second kappa shape index (κ2) is 10.8. The second-order valence-electron chi connectivity index (χ2n) is 7.63. The molecule has 0 aliphatic heterocycles. The van der Waals surface area contributed by atoms with Crippen molar-refractivity contribution in [3.63, 3.8) is 0 Å². The van der Waals surface area contributed by atoms with Gasteiger partial charge in [0.1, 0.15) is 0 Å². The van der Waals surface area contributed by atoms with Crippen LogP contribution < -0.4 is 4.72 Å². The highest BCUT2D eigenvalue weighted by molar-refractivity contribution is 7.89. The molecule has 8 nitrogen and oxygen atoms in total. The summed E-state index contributed by atoms with van der Waals surface area (Å²) in [5.74, 6) is 0.293. The summed E-state index contributed by atoms with van der Waals surface area (Å²) in [7, 11) is 0.484. The molecule has 1 aromatic rings. The van der Waals surface area contributed by atoms with Crippen molar-refractivity contribution in [3.05, 3.63) is 34.4 Å². The molecule has 2 rings (SSSR count). The normalized spacial score (nSPS) is 20.4. The molecule has 1 aliphatic carbocycles. The molecule has 1 aliphatic rings. The number of non-ortho nitro benzene ring substituents is 1. The standard InChI is InChI=1S/C19H31N3O5S/c1-21(2)13-3-4-14-27-18-9-5-16(6-10-18)15-20-28(25,26)19-11-7-17(8-12-19)22(23)24/h7-8,11-12,16,18,20H,3-6,9-10,13-15H2,1-2H3. The quantitative estimate of drug-likeness (QED) is 0.340. The van der Waals surface area contributed by atoms with Crippen molar-refractivity contribution in [2.75, 3.05) is 33.8 Å². The third kappa shape index (κ3) is 7.46. The van der Waals surface area contributed by atoms with Crippen molar-refractivity contribution in [3.8, 4) is 0 Å². The smallest absolute Gasteiger partial charge is 0.269 e. The van der Waals surface area contributed by atoms with Gasteiger partial charge in [0.15, 0.2) is 0 Å². The Hall–Kier alpha value is -1.55. The first-order valence-corrected chi connectivity index (χ1v) is 11.3. The van der Waals surface area contributed by atoms with Crippen molar-refractivity contribution < 1.29 is 18.1 Å². The van der Waals surface area contributed by atoms with Crippen LogP contribution >= 0.6 is 0 Å². The third-order valence-electron chi connectivity index (χ3n) is 5.07. The van der Waals surface area contributed by atoms with Gasteiger partial charge in [-0.2, -0.15) is 0 Å². The molecule has 1 aromatic carbocycles. The first-order valence-electron chi connectivity index (χ1n) is 9.78. The zero-order valence-corrected chi connectivity index (χ0v) is 17.5. The van der Waals surface area contributed by atoms with Crippen molar-refractivity contribution in [1.82, 2.24) is 9.62 Å². The summed E-state index contributed by atoms with van der Waals surface area (Å²) < 4.78 is 33.3. The Morgan fingerprint density at radius 2 is 1.79 bits per heavy atom. The molecule has 0 saturated heterocycles. The van der Waals surface area contributed by atoms with Crippen LogP contribution in [0.15, 0.2) is 29.2 Å². The van der Waals surface area contributed by atoms with E-state index < -0.39 is 14.9 Å². The van der Waals surface area contributed by atoms with E-state index in [-0.39, 0.29) is 16.7 Å². The fourth-order valence-corrected chi connectivity index (χ4v) is 4.46. The SMILES string of the molecule is CN(C)CCCCOC1CCC(CNS(=O)(=O)c2ccc([N+](=O)[O-])cc2)CC1. The molecule has 9 heteroatoms. The Morgan fingerprint density at radius 1 is 1.14 bits per heavy atom. The van der Waals surface area contributed by atoms with E-state index in [1.807, 2.05) is 0 Å². The lowest BCUT2D eigenvalue weighted by atomic mass is 9.87. The van der Waals surface area contributed by atoms with Crippen LogP contribution in [0.5, 0.6) is 0 Å². The Labute approximate surface area is 167 Å². The molecule has 0 unspecified atom stereocenters. The number of hydrogen-bond donors (Lipinski definition) is 1. The highest BCUT2D eigenvalue weighted by Gasteiger charge is 2.24. The molecular weight excluding hydrogens is 382 g/mol. The van der Waals surface area contributed by atoms with Crippen molar-refractivity contribution in [2.45, 2.75) is 49.5 Å². The van der Waals surface area contributed by atoms with Crippen LogP contribution in [0.2, 0.25) is 0 Å². The van der Waals surface area contributed by atoms with E-state index >= 15 is 0 Å². The van der Waals surface area contributed by atoms with E-state index in [0.29, 0.717) is 12.5 Å². The van der Waals surface area contributed by atoms with Gasteiger partial charge in [-0.3, -0.25) is 10.1 Å². The van der Waals surface area contributed by atoms with Crippen molar-refractivity contribution in [1.29, 1.82) is 0 Å². The van der Waals surface area contributed by atoms with Crippen molar-refractivity contribution >= 4 is 15.7 Å². The van der Waals surface area contributed by atoms with Crippen LogP contribution in [0.1, 0.15) is 38.5 Å². The lowest BCUT2D eigenvalue weighted by Gasteiger charge is -2.28. The van der Waals surface area contributed by atoms with Gasteiger partial charge in [-0.1, -0.05) is 0 Å². The van der Waals surface area contributed by atoms with Gasteiger partial charge >= 0.3 is 0 Å². The zero-order valence-electron chi connectivity index (χ0n) is 16.7. The molecular formula is C19H31N3O5S. The highest BCUT2D eigenvalue weighted by atomic mass is 32.2. The molecule has 158 valence electrons. The predicted octanol–water partition coefficient (Wildman–Crippen LogP) is 2.79. The summed E-state index contributed by atoms with van der Waals surface area (Å²) in [4.78, 5) is 12.3. The lowest BCUT2D eigenvalue weighted by Crippen LogP contribution is -2.32. The minimum absolute atomic E-state index is 0.0489. The fraction of sp³-hybridized carbons (Fsp3) is 0.684. The minimum Gasteiger partial charge on any atom is -0.378 e. The monoisotopic (exact) mass is 413 g/mol. The van der Waals surface area contributed by atoms with E-state index in [2.05, 4.69) is 23.7 Å². The lowest BCUT2D eigenvalue weighted by molar-refractivity contribution is -0.384. The molecule has 1 fully saturated rings. The number of nitro benzene ring substituents is 1. The minimum atomic E-state index is -3.65. The number of unbranched alkanes of at least 4 members (excludes halogenated alkanes) is 1. The topological polar surface area (TPSA) is 102 Å². The molecule has 1 saturated carbocycles. The Bertz CT molecular complexity index is 714. The van der Waals surface area contributed by atoms with Gasteiger partial charge in [0.05, 0.1) is 15.9 Å². The van der Waals surface area contributed by atoms with Crippen LogP contribution in [0.25, 0.3) is 0 Å². The summed E-state index contributed by atoms with van der Waals surface area (Å²) in [5.41, 5.74) is -0.126. The van der Waals surface area contributed by atoms with E-state index in [1.54, 1.807) is 0 Å². The number of hydrogen-bond acceptors (Lipinski definition) is 6. The third-order valence-corrected chi connectivity index (χ3v) is 6.51. The van der Waals surface area contributed by atoms with Crippen LogP contribution in [0.3, 0.4) is 0 Å². The van der Waals surface area contributed by atoms with Gasteiger partial charge in [-0.25, -0.2) is 13.1 Å². The van der Waals surface area contributed by atoms with Gasteiger partial charge in [-0.15, -0.1) is 0 Å². The van der Waals surface area contributed by atoms with Gasteiger partial charge < -0.3 is 9.64 Å². The van der Waals surface area contributed by atoms with E-state index in [1.165, 1.54) is 24.3 Å². The molecule has 28 heavy (non-hydrogen) atoms. The molecule has 0 heterocycles. The molecule has 0 atom stereocenters. The summed E-state index contributed by atoms with van der Waals surface area (Å²) >= 11 is 0. The molecule has 0 radical (unpaired) electrons. The van der Waals surface area contributed by atoms with Crippen LogP contribution in [0.4, 0.5) is 5.69 Å². The maximum atomic E-state index is 12.4. The fourth-order valence-electron chi connectivity index (χ4n) is 3.34. The highest BCUT2D eigenvalue weighted by Crippen LogP contribution is 2.26. The largest absolute Gasteiger partial charge is 0.378 e. The zero-order chi connectivity index (χ0) is 20.6. The first-order chi connectivity index (χ1) is 13.3. The van der Waals surface area contributed by atoms with E-state index in [4.69, 9.17) is 4.74 Å². The average Bonchev–Trinajstić information content (AvgIpc) is 2.67. The number of nitro groups is 1. The average molecular weight is 414 g/mol. The van der Waals surface area contributed by atoms with Crippen molar-refractivity contribution in [2.24, 2.45) is 5.92 Å². The maximum absolute atomic E-state index is 12.4. The Balaban J connectivity index is 1.69. The number of nitrogens with zero attached hydrogens (tertiary/aromatic N) is 2. The van der Waals surface area contributed by atoms with Gasteiger partial charge in [-0.05, 0) is 77.2 Å². The maximum Gasteiger partial charge on any atom is 0.269 e. The molecule has 0 aromatic heterocycles. The summed E-state index contributed by atoms with van der Waals surface area (Å²) in [6.07, 6.45) is 6.26. The summed E-state index contributed by atoms with van der Waals surface area (Å²) in [6.45, 7) is 2.25. The van der Waals surface area contributed by atoms with Crippen LogP contribution in [-0.4, -0.2) is 58.1 Å². The van der Waals surface area contributed by atoms with Gasteiger partial charge in [0.25, 0.3) is 5.69 Å². The predicted molar refractivity (Wildman–Crippen MR) is 108 cm³/mol. The van der Waals surface area contributed by atoms with Gasteiger partial charge in [0, 0.05) is 25.3 Å². The molecule has 0 bridgehead atoms. The first kappa shape index (κ1) is 22.7. The number of sulfonamides is 1. The number of benzene rings is 1. The number of nitrogens with one attached hydrogen (secondary N) is 1. The number of rotatable bonds is 11.